The fourth-order valence-corrected chi connectivity index (χ4v) is 2.38. The average molecular weight is 475 g/mol. The molecule has 3 N–H and O–H groups in total. The number of hydrogen-bond donors (Lipinski definition) is 3. The maximum Gasteiger partial charge on any atom is 0.222 e. The summed E-state index contributed by atoms with van der Waals surface area (Å²) in [5.41, 5.74) is 1.26. The highest BCUT2D eigenvalue weighted by molar-refractivity contribution is 14.0. The highest BCUT2D eigenvalue weighted by Crippen LogP contribution is 2.12. The standard InChI is InChI=1S/C19H33N5O.HI/c1-5-24(17-10-7-6-8-11-17)15-9-12-22-19(20-4)23-14-13-21-18(25)16(2)3;/h6-8,10-11,16H,5,9,12-15H2,1-4H3,(H,21,25)(H2,20,22,23);1H. The molecule has 1 rings (SSSR count). The molecule has 0 heterocycles. The number of guanidine groups is 1. The second-order valence-electron chi connectivity index (χ2n) is 6.14. The predicted octanol–water partition coefficient (Wildman–Crippen LogP) is 2.46. The number of halogens is 1. The van der Waals surface area contributed by atoms with Crippen LogP contribution in [0.15, 0.2) is 35.3 Å². The van der Waals surface area contributed by atoms with Crippen molar-refractivity contribution < 1.29 is 4.79 Å². The van der Waals surface area contributed by atoms with Gasteiger partial charge in [-0.25, -0.2) is 0 Å². The Bertz CT molecular complexity index is 522. The zero-order chi connectivity index (χ0) is 18.5. The van der Waals surface area contributed by atoms with Crippen molar-refractivity contribution in [2.24, 2.45) is 10.9 Å². The molecule has 26 heavy (non-hydrogen) atoms. The van der Waals surface area contributed by atoms with E-state index in [-0.39, 0.29) is 35.8 Å². The Balaban J connectivity index is 0.00000625. The first-order chi connectivity index (χ1) is 12.1. The molecular formula is C19H34IN5O. The summed E-state index contributed by atoms with van der Waals surface area (Å²) < 4.78 is 0. The van der Waals surface area contributed by atoms with Gasteiger partial charge in [-0.3, -0.25) is 9.79 Å². The van der Waals surface area contributed by atoms with Crippen LogP contribution in [0.3, 0.4) is 0 Å². The minimum absolute atomic E-state index is 0. The van der Waals surface area contributed by atoms with Crippen molar-refractivity contribution in [3.05, 3.63) is 30.3 Å². The van der Waals surface area contributed by atoms with Gasteiger partial charge in [-0.05, 0) is 25.5 Å². The summed E-state index contributed by atoms with van der Waals surface area (Å²) in [5.74, 6) is 0.857. The van der Waals surface area contributed by atoms with E-state index in [1.165, 1.54) is 5.69 Å². The fraction of sp³-hybridized carbons (Fsp3) is 0.579. The van der Waals surface area contributed by atoms with Crippen molar-refractivity contribution in [1.82, 2.24) is 16.0 Å². The summed E-state index contributed by atoms with van der Waals surface area (Å²) in [6, 6.07) is 10.5. The van der Waals surface area contributed by atoms with Crippen LogP contribution in [0.2, 0.25) is 0 Å². The Morgan fingerprint density at radius 1 is 1.08 bits per heavy atom. The van der Waals surface area contributed by atoms with Gasteiger partial charge in [0.2, 0.25) is 5.91 Å². The van der Waals surface area contributed by atoms with E-state index < -0.39 is 0 Å². The van der Waals surface area contributed by atoms with Gasteiger partial charge in [0.1, 0.15) is 0 Å². The van der Waals surface area contributed by atoms with E-state index in [0.717, 1.165) is 32.0 Å². The maximum atomic E-state index is 11.5. The van der Waals surface area contributed by atoms with Crippen LogP contribution >= 0.6 is 24.0 Å². The van der Waals surface area contributed by atoms with Gasteiger partial charge in [-0.15, -0.1) is 24.0 Å². The molecule has 7 heteroatoms. The molecule has 0 atom stereocenters. The Hall–Kier alpha value is -1.51. The number of aliphatic imine (C=N–C) groups is 1. The number of carbonyl (C=O) groups is 1. The van der Waals surface area contributed by atoms with E-state index in [0.29, 0.717) is 13.1 Å². The average Bonchev–Trinajstić information content (AvgIpc) is 2.63. The quantitative estimate of drug-likeness (QED) is 0.211. The zero-order valence-electron chi connectivity index (χ0n) is 16.4. The number of hydrogen-bond acceptors (Lipinski definition) is 3. The smallest absolute Gasteiger partial charge is 0.222 e. The van der Waals surface area contributed by atoms with Gasteiger partial charge in [0.15, 0.2) is 5.96 Å². The molecule has 0 aliphatic rings. The predicted molar refractivity (Wildman–Crippen MR) is 122 cm³/mol. The molecule has 148 valence electrons. The lowest BCUT2D eigenvalue weighted by Crippen LogP contribution is -2.42. The number of benzene rings is 1. The number of anilines is 1. The molecule has 0 unspecified atom stereocenters. The number of carbonyl (C=O) groups excluding carboxylic acids is 1. The Morgan fingerprint density at radius 2 is 1.69 bits per heavy atom. The number of para-hydroxylation sites is 1. The van der Waals surface area contributed by atoms with Gasteiger partial charge in [0.25, 0.3) is 0 Å². The molecule has 0 fully saturated rings. The third-order valence-corrected chi connectivity index (χ3v) is 3.86. The molecule has 0 saturated carbocycles. The van der Waals surface area contributed by atoms with E-state index >= 15 is 0 Å². The van der Waals surface area contributed by atoms with Crippen LogP contribution in [0.4, 0.5) is 5.69 Å². The third-order valence-electron chi connectivity index (χ3n) is 3.86. The van der Waals surface area contributed by atoms with Crippen molar-refractivity contribution in [3.63, 3.8) is 0 Å². The number of rotatable bonds is 10. The third kappa shape index (κ3) is 9.84. The topological polar surface area (TPSA) is 68.8 Å². The van der Waals surface area contributed by atoms with Gasteiger partial charge < -0.3 is 20.9 Å². The molecule has 1 aromatic carbocycles. The maximum absolute atomic E-state index is 11.5. The molecule has 0 radical (unpaired) electrons. The van der Waals surface area contributed by atoms with Crippen LogP contribution in [-0.2, 0) is 4.79 Å². The van der Waals surface area contributed by atoms with Gasteiger partial charge in [-0.1, -0.05) is 32.0 Å². The molecule has 0 spiro atoms. The molecule has 6 nitrogen and oxygen atoms in total. The van der Waals surface area contributed by atoms with E-state index in [1.807, 2.05) is 19.9 Å². The van der Waals surface area contributed by atoms with Gasteiger partial charge >= 0.3 is 0 Å². The van der Waals surface area contributed by atoms with E-state index in [1.54, 1.807) is 7.05 Å². The summed E-state index contributed by atoms with van der Waals surface area (Å²) in [6.45, 7) is 10.0. The molecule has 0 saturated heterocycles. The van der Waals surface area contributed by atoms with Crippen LogP contribution in [0.1, 0.15) is 27.2 Å². The Labute approximate surface area is 175 Å². The van der Waals surface area contributed by atoms with Crippen LogP contribution in [-0.4, -0.2) is 51.6 Å². The van der Waals surface area contributed by atoms with Crippen LogP contribution < -0.4 is 20.9 Å². The second-order valence-corrected chi connectivity index (χ2v) is 6.14. The number of amides is 1. The first kappa shape index (κ1) is 24.5. The summed E-state index contributed by atoms with van der Waals surface area (Å²) in [6.07, 6.45) is 1.02. The highest BCUT2D eigenvalue weighted by Gasteiger charge is 2.06. The van der Waals surface area contributed by atoms with Crippen LogP contribution in [0.25, 0.3) is 0 Å². The van der Waals surface area contributed by atoms with Crippen molar-refractivity contribution in [3.8, 4) is 0 Å². The lowest BCUT2D eigenvalue weighted by Gasteiger charge is -2.23. The fourth-order valence-electron chi connectivity index (χ4n) is 2.38. The lowest BCUT2D eigenvalue weighted by atomic mass is 10.2. The zero-order valence-corrected chi connectivity index (χ0v) is 18.7. The second kappa shape index (κ2) is 14.6. The molecule has 0 aliphatic heterocycles. The van der Waals surface area contributed by atoms with Crippen LogP contribution in [0, 0.1) is 5.92 Å². The summed E-state index contributed by atoms with van der Waals surface area (Å²) in [7, 11) is 1.75. The van der Waals surface area contributed by atoms with Gasteiger partial charge in [-0.2, -0.15) is 0 Å². The lowest BCUT2D eigenvalue weighted by molar-refractivity contribution is -0.123. The van der Waals surface area contributed by atoms with Gasteiger partial charge in [0, 0.05) is 51.4 Å². The van der Waals surface area contributed by atoms with E-state index in [9.17, 15) is 4.79 Å². The minimum Gasteiger partial charge on any atom is -0.372 e. The molecule has 0 bridgehead atoms. The molecule has 0 aliphatic carbocycles. The molecule has 1 aromatic rings. The first-order valence-electron chi connectivity index (χ1n) is 9.10. The SMILES string of the molecule is CCN(CCCNC(=NC)NCCNC(=O)C(C)C)c1ccccc1.I. The first-order valence-corrected chi connectivity index (χ1v) is 9.10. The van der Waals surface area contributed by atoms with Crippen LogP contribution in [0.5, 0.6) is 0 Å². The molecule has 1 amide bonds. The van der Waals surface area contributed by atoms with E-state index in [4.69, 9.17) is 0 Å². The van der Waals surface area contributed by atoms with Crippen molar-refractivity contribution in [1.29, 1.82) is 0 Å². The molecule has 0 aromatic heterocycles. The largest absolute Gasteiger partial charge is 0.372 e. The summed E-state index contributed by atoms with van der Waals surface area (Å²) >= 11 is 0. The van der Waals surface area contributed by atoms with Crippen molar-refractivity contribution in [2.45, 2.75) is 27.2 Å². The summed E-state index contributed by atoms with van der Waals surface area (Å²) in [5, 5.41) is 9.40. The normalized spacial score (nSPS) is 10.9. The van der Waals surface area contributed by atoms with Gasteiger partial charge in [0.05, 0.1) is 0 Å². The summed E-state index contributed by atoms with van der Waals surface area (Å²) in [4.78, 5) is 18.1. The van der Waals surface area contributed by atoms with E-state index in [2.05, 4.69) is 57.0 Å². The number of nitrogens with one attached hydrogen (secondary N) is 3. The van der Waals surface area contributed by atoms with Crippen molar-refractivity contribution in [2.75, 3.05) is 44.7 Å². The number of nitrogens with zero attached hydrogens (tertiary/aromatic N) is 2. The Morgan fingerprint density at radius 3 is 2.27 bits per heavy atom. The highest BCUT2D eigenvalue weighted by atomic mass is 127. The monoisotopic (exact) mass is 475 g/mol. The molecular weight excluding hydrogens is 441 g/mol. The Kier molecular flexibility index (Phi) is 13.8. The minimum atomic E-state index is 0. The van der Waals surface area contributed by atoms with Crippen molar-refractivity contribution >= 4 is 41.5 Å².